The maximum Gasteiger partial charge on any atom is 0.255 e. The summed E-state index contributed by atoms with van der Waals surface area (Å²) in [6.07, 6.45) is 0. The minimum Gasteiger partial charge on any atom is -0.507 e. The highest BCUT2D eigenvalue weighted by Gasteiger charge is 2.15. The number of carbonyl (C=O) groups is 1. The molecule has 0 aromatic heterocycles. The zero-order chi connectivity index (χ0) is 12.8. The number of carbonyl (C=O) groups excluding carboxylic acids is 1. The average Bonchev–Trinajstić information content (AvgIpc) is 2.35. The maximum atomic E-state index is 11.7. The van der Waals surface area contributed by atoms with E-state index in [1.165, 1.54) is 25.3 Å². The van der Waals surface area contributed by atoms with Gasteiger partial charge >= 0.3 is 0 Å². The van der Waals surface area contributed by atoms with Crippen LogP contribution >= 0.6 is 0 Å². The smallest absolute Gasteiger partial charge is 0.255 e. The molecule has 0 spiro atoms. The van der Waals surface area contributed by atoms with Gasteiger partial charge in [0.05, 0.1) is 31.9 Å². The Morgan fingerprint density at radius 3 is 2.53 bits per heavy atom. The number of aromatic hydroxyl groups is 1. The second-order valence-electron chi connectivity index (χ2n) is 3.42. The topological polar surface area (TPSA) is 99.0 Å². The molecule has 0 aliphatic heterocycles. The summed E-state index contributed by atoms with van der Waals surface area (Å²) in [6, 6.07) is 3.49. The molecule has 0 bridgehead atoms. The van der Waals surface area contributed by atoms with E-state index in [0.29, 0.717) is 5.75 Å². The van der Waals surface area contributed by atoms with Crippen molar-refractivity contribution in [3.8, 4) is 11.5 Å². The Balaban J connectivity index is 2.82. The number of aliphatic hydroxyl groups excluding tert-OH is 2. The number of ether oxygens (including phenoxy) is 1. The van der Waals surface area contributed by atoms with E-state index in [2.05, 4.69) is 5.32 Å². The van der Waals surface area contributed by atoms with Crippen LogP contribution in [0, 0.1) is 0 Å². The summed E-state index contributed by atoms with van der Waals surface area (Å²) < 4.78 is 4.88. The fourth-order valence-corrected chi connectivity index (χ4v) is 1.24. The van der Waals surface area contributed by atoms with Crippen molar-refractivity contribution in [1.82, 2.24) is 5.32 Å². The van der Waals surface area contributed by atoms with E-state index in [1.807, 2.05) is 0 Å². The molecule has 0 radical (unpaired) electrons. The van der Waals surface area contributed by atoms with E-state index < -0.39 is 11.9 Å². The third-order valence-corrected chi connectivity index (χ3v) is 2.23. The normalized spacial score (nSPS) is 10.4. The van der Waals surface area contributed by atoms with Crippen LogP contribution in [0.15, 0.2) is 18.2 Å². The number of phenols is 1. The van der Waals surface area contributed by atoms with Gasteiger partial charge < -0.3 is 25.4 Å². The van der Waals surface area contributed by atoms with Crippen LogP contribution in [0.4, 0.5) is 0 Å². The standard InChI is InChI=1S/C11H15NO5/c1-17-8-2-3-9(10(15)4-8)11(16)12-7(5-13)6-14/h2-4,7,13-15H,5-6H2,1H3,(H,12,16). The van der Waals surface area contributed by atoms with Gasteiger partial charge in [0.1, 0.15) is 11.5 Å². The summed E-state index contributed by atoms with van der Waals surface area (Å²) in [5, 5.41) is 29.6. The summed E-state index contributed by atoms with van der Waals surface area (Å²) in [7, 11) is 1.45. The molecule has 1 aromatic rings. The Morgan fingerprint density at radius 2 is 2.06 bits per heavy atom. The monoisotopic (exact) mass is 241 g/mol. The number of phenolic OH excluding ortho intramolecular Hbond substituents is 1. The predicted molar refractivity (Wildman–Crippen MR) is 60.1 cm³/mol. The second kappa shape index (κ2) is 6.07. The lowest BCUT2D eigenvalue weighted by atomic mass is 10.1. The zero-order valence-electron chi connectivity index (χ0n) is 9.38. The number of amides is 1. The van der Waals surface area contributed by atoms with Gasteiger partial charge in [-0.2, -0.15) is 0 Å². The third-order valence-electron chi connectivity index (χ3n) is 2.23. The Labute approximate surface area is 98.5 Å². The van der Waals surface area contributed by atoms with Crippen molar-refractivity contribution in [3.05, 3.63) is 23.8 Å². The molecule has 17 heavy (non-hydrogen) atoms. The van der Waals surface area contributed by atoms with Crippen LogP contribution in [0.1, 0.15) is 10.4 Å². The lowest BCUT2D eigenvalue weighted by Gasteiger charge is -2.14. The van der Waals surface area contributed by atoms with Crippen molar-refractivity contribution < 1.29 is 24.9 Å². The summed E-state index contributed by atoms with van der Waals surface area (Å²) >= 11 is 0. The molecule has 0 aliphatic rings. The minimum atomic E-state index is -0.746. The van der Waals surface area contributed by atoms with Gasteiger partial charge in [-0.15, -0.1) is 0 Å². The Hall–Kier alpha value is -1.79. The van der Waals surface area contributed by atoms with E-state index in [4.69, 9.17) is 14.9 Å². The van der Waals surface area contributed by atoms with Crippen LogP contribution < -0.4 is 10.1 Å². The minimum absolute atomic E-state index is 0.0534. The maximum absolute atomic E-state index is 11.7. The fourth-order valence-electron chi connectivity index (χ4n) is 1.24. The molecule has 6 heteroatoms. The first-order valence-corrected chi connectivity index (χ1v) is 5.02. The molecule has 1 rings (SSSR count). The number of hydrogen-bond acceptors (Lipinski definition) is 5. The van der Waals surface area contributed by atoms with E-state index in [9.17, 15) is 9.90 Å². The number of hydrogen-bond donors (Lipinski definition) is 4. The number of aliphatic hydroxyl groups is 2. The van der Waals surface area contributed by atoms with Crippen molar-refractivity contribution in [3.63, 3.8) is 0 Å². The summed E-state index contributed by atoms with van der Waals surface area (Å²) in [5.41, 5.74) is 0.0534. The lowest BCUT2D eigenvalue weighted by molar-refractivity contribution is 0.0876. The average molecular weight is 241 g/mol. The van der Waals surface area contributed by atoms with Crippen LogP contribution in [0.2, 0.25) is 0 Å². The summed E-state index contributed by atoms with van der Waals surface area (Å²) in [6.45, 7) is -0.752. The molecule has 0 saturated carbocycles. The van der Waals surface area contributed by atoms with Crippen LogP contribution in [0.25, 0.3) is 0 Å². The summed E-state index contributed by atoms with van der Waals surface area (Å²) in [5.74, 6) is -0.366. The van der Waals surface area contributed by atoms with E-state index in [0.717, 1.165) is 0 Å². The fraction of sp³-hybridized carbons (Fsp3) is 0.364. The van der Waals surface area contributed by atoms with Crippen LogP contribution in [-0.4, -0.2) is 47.6 Å². The summed E-state index contributed by atoms with van der Waals surface area (Å²) in [4.78, 5) is 11.7. The van der Waals surface area contributed by atoms with Crippen LogP contribution in [0.5, 0.6) is 11.5 Å². The van der Waals surface area contributed by atoms with Crippen molar-refractivity contribution in [2.45, 2.75) is 6.04 Å². The first-order valence-electron chi connectivity index (χ1n) is 5.02. The third kappa shape index (κ3) is 3.33. The lowest BCUT2D eigenvalue weighted by Crippen LogP contribution is -2.40. The molecule has 1 aromatic carbocycles. The first-order chi connectivity index (χ1) is 8.12. The Bertz CT molecular complexity index is 389. The van der Waals surface area contributed by atoms with Crippen molar-refractivity contribution >= 4 is 5.91 Å². The van der Waals surface area contributed by atoms with Gasteiger partial charge in [-0.3, -0.25) is 4.79 Å². The molecule has 6 nitrogen and oxygen atoms in total. The van der Waals surface area contributed by atoms with Gasteiger partial charge in [-0.1, -0.05) is 0 Å². The van der Waals surface area contributed by atoms with Crippen molar-refractivity contribution in [2.24, 2.45) is 0 Å². The molecule has 0 unspecified atom stereocenters. The quantitative estimate of drug-likeness (QED) is 0.556. The largest absolute Gasteiger partial charge is 0.507 e. The predicted octanol–water partition coefficient (Wildman–Crippen LogP) is -0.516. The van der Waals surface area contributed by atoms with Gasteiger partial charge in [-0.25, -0.2) is 0 Å². The van der Waals surface area contributed by atoms with Gasteiger partial charge in [-0.05, 0) is 12.1 Å². The van der Waals surface area contributed by atoms with E-state index in [1.54, 1.807) is 0 Å². The molecule has 0 aliphatic carbocycles. The molecular formula is C11H15NO5. The second-order valence-corrected chi connectivity index (χ2v) is 3.42. The number of nitrogens with one attached hydrogen (secondary N) is 1. The molecular weight excluding hydrogens is 226 g/mol. The van der Waals surface area contributed by atoms with Crippen LogP contribution in [0.3, 0.4) is 0 Å². The molecule has 0 fully saturated rings. The van der Waals surface area contributed by atoms with E-state index >= 15 is 0 Å². The Morgan fingerprint density at radius 1 is 1.41 bits per heavy atom. The number of benzene rings is 1. The van der Waals surface area contributed by atoms with Gasteiger partial charge in [0.2, 0.25) is 0 Å². The molecule has 1 amide bonds. The Kier molecular flexibility index (Phi) is 4.74. The van der Waals surface area contributed by atoms with Gasteiger partial charge in [0.15, 0.2) is 0 Å². The highest BCUT2D eigenvalue weighted by atomic mass is 16.5. The molecule has 0 atom stereocenters. The molecule has 0 saturated heterocycles. The van der Waals surface area contributed by atoms with E-state index in [-0.39, 0.29) is 24.5 Å². The zero-order valence-corrected chi connectivity index (χ0v) is 9.38. The highest BCUT2D eigenvalue weighted by molar-refractivity contribution is 5.97. The highest BCUT2D eigenvalue weighted by Crippen LogP contribution is 2.23. The first kappa shape index (κ1) is 13.3. The van der Waals surface area contributed by atoms with Gasteiger partial charge in [0.25, 0.3) is 5.91 Å². The molecule has 0 heterocycles. The molecule has 94 valence electrons. The number of rotatable bonds is 5. The molecule has 4 N–H and O–H groups in total. The number of methoxy groups -OCH3 is 1. The van der Waals surface area contributed by atoms with Crippen molar-refractivity contribution in [1.29, 1.82) is 0 Å². The van der Waals surface area contributed by atoms with Crippen molar-refractivity contribution in [2.75, 3.05) is 20.3 Å². The van der Waals surface area contributed by atoms with Crippen LogP contribution in [-0.2, 0) is 0 Å². The SMILES string of the molecule is COc1ccc(C(=O)NC(CO)CO)c(O)c1. The van der Waals surface area contributed by atoms with Gasteiger partial charge in [0, 0.05) is 6.07 Å².